The average Bonchev–Trinajstić information content (AvgIpc) is 2.87. The third-order valence-corrected chi connectivity index (χ3v) is 6.01. The topological polar surface area (TPSA) is 87.5 Å². The van der Waals surface area contributed by atoms with Crippen LogP contribution in [0.25, 0.3) is 0 Å². The summed E-state index contributed by atoms with van der Waals surface area (Å²) < 4.78 is 14.6. The molecule has 1 aromatic rings. The maximum Gasteiger partial charge on any atom is 0.318 e. The highest BCUT2D eigenvalue weighted by Crippen LogP contribution is 2.28. The first-order chi connectivity index (χ1) is 13.4. The van der Waals surface area contributed by atoms with Crippen molar-refractivity contribution < 1.29 is 14.0 Å². The van der Waals surface area contributed by atoms with Gasteiger partial charge in [0.25, 0.3) is 0 Å². The van der Waals surface area contributed by atoms with Gasteiger partial charge in [0.1, 0.15) is 5.82 Å². The van der Waals surface area contributed by atoms with Gasteiger partial charge in [-0.15, -0.1) is 12.4 Å². The van der Waals surface area contributed by atoms with Crippen LogP contribution in [0.2, 0.25) is 0 Å². The lowest BCUT2D eigenvalue weighted by atomic mass is 9.92. The van der Waals surface area contributed by atoms with Gasteiger partial charge in [-0.25, -0.2) is 9.18 Å². The van der Waals surface area contributed by atoms with Crippen molar-refractivity contribution in [2.45, 2.75) is 70.5 Å². The van der Waals surface area contributed by atoms with Crippen molar-refractivity contribution in [3.8, 4) is 0 Å². The zero-order valence-corrected chi connectivity index (χ0v) is 17.9. The Balaban J connectivity index is 0.00000300. The lowest BCUT2D eigenvalue weighted by Gasteiger charge is -2.24. The van der Waals surface area contributed by atoms with Gasteiger partial charge >= 0.3 is 6.03 Å². The predicted molar refractivity (Wildman–Crippen MR) is 115 cm³/mol. The van der Waals surface area contributed by atoms with Crippen LogP contribution in [0.3, 0.4) is 0 Å². The molecule has 2 fully saturated rings. The number of halogens is 2. The Hall–Kier alpha value is -1.86. The van der Waals surface area contributed by atoms with Crippen LogP contribution in [0.4, 0.5) is 14.9 Å². The summed E-state index contributed by atoms with van der Waals surface area (Å²) in [4.78, 5) is 26.2. The van der Waals surface area contributed by atoms with Crippen LogP contribution < -0.4 is 16.4 Å². The second-order valence-electron chi connectivity index (χ2n) is 8.18. The highest BCUT2D eigenvalue weighted by Gasteiger charge is 2.31. The number of hydrogen-bond donors (Lipinski definition) is 3. The number of nitrogens with two attached hydrogens (primary N) is 1. The highest BCUT2D eigenvalue weighted by atomic mass is 35.5. The third kappa shape index (κ3) is 5.60. The molecule has 1 aliphatic heterocycles. The molecule has 3 unspecified atom stereocenters. The average molecular weight is 427 g/mol. The van der Waals surface area contributed by atoms with Crippen LogP contribution in [0, 0.1) is 11.7 Å². The molecular weight excluding hydrogens is 395 g/mol. The number of nitrogens with one attached hydrogen (secondary N) is 2. The van der Waals surface area contributed by atoms with Crippen molar-refractivity contribution in [1.82, 2.24) is 10.2 Å². The van der Waals surface area contributed by atoms with E-state index in [1.165, 1.54) is 18.9 Å². The van der Waals surface area contributed by atoms with Gasteiger partial charge in [0.15, 0.2) is 0 Å². The van der Waals surface area contributed by atoms with E-state index in [1.54, 1.807) is 17.0 Å². The van der Waals surface area contributed by atoms with Crippen molar-refractivity contribution in [2.24, 2.45) is 11.7 Å². The van der Waals surface area contributed by atoms with E-state index in [-0.39, 0.29) is 48.0 Å². The van der Waals surface area contributed by atoms with E-state index in [0.717, 1.165) is 25.7 Å². The molecule has 29 heavy (non-hydrogen) atoms. The third-order valence-electron chi connectivity index (χ3n) is 6.01. The number of amides is 3. The van der Waals surface area contributed by atoms with E-state index in [9.17, 15) is 14.0 Å². The summed E-state index contributed by atoms with van der Waals surface area (Å²) in [6, 6.07) is 3.74. The minimum Gasteiger partial charge on any atom is -0.334 e. The largest absolute Gasteiger partial charge is 0.334 e. The second-order valence-corrected chi connectivity index (χ2v) is 8.18. The van der Waals surface area contributed by atoms with Crippen molar-refractivity contribution in [3.63, 3.8) is 0 Å². The normalized spacial score (nSPS) is 22.3. The first-order valence-corrected chi connectivity index (χ1v) is 10.3. The minimum atomic E-state index is -0.620. The Morgan fingerprint density at radius 1 is 1.28 bits per heavy atom. The lowest BCUT2D eigenvalue weighted by molar-refractivity contribution is -0.118. The maximum atomic E-state index is 14.6. The first-order valence-electron chi connectivity index (χ1n) is 10.3. The summed E-state index contributed by atoms with van der Waals surface area (Å²) in [5.74, 6) is -0.696. The number of anilines is 1. The molecule has 3 rings (SSSR count). The number of rotatable bonds is 5. The van der Waals surface area contributed by atoms with Gasteiger partial charge in [-0.3, -0.25) is 4.79 Å². The SMILES string of the molecule is CC1CN(C(C)c2ccc(NC(=O)C(N)C3CCCCCC3)c(F)c2)C(=O)N1.Cl. The molecule has 1 heterocycles. The molecule has 162 valence electrons. The van der Waals surface area contributed by atoms with E-state index in [2.05, 4.69) is 10.6 Å². The summed E-state index contributed by atoms with van der Waals surface area (Å²) in [5, 5.41) is 5.49. The van der Waals surface area contributed by atoms with Gasteiger partial charge in [0.05, 0.1) is 17.8 Å². The Kier molecular flexibility index (Phi) is 8.28. The van der Waals surface area contributed by atoms with Gasteiger partial charge in [0, 0.05) is 12.6 Å². The quantitative estimate of drug-likeness (QED) is 0.623. The highest BCUT2D eigenvalue weighted by molar-refractivity contribution is 5.95. The molecule has 1 saturated carbocycles. The number of carbonyl (C=O) groups is 2. The van der Waals surface area contributed by atoms with Gasteiger partial charge < -0.3 is 21.3 Å². The fourth-order valence-corrected chi connectivity index (χ4v) is 4.22. The summed E-state index contributed by atoms with van der Waals surface area (Å²) in [6.45, 7) is 4.38. The fourth-order valence-electron chi connectivity index (χ4n) is 4.22. The van der Waals surface area contributed by atoms with Gasteiger partial charge in [0.2, 0.25) is 5.91 Å². The summed E-state index contributed by atoms with van der Waals surface area (Å²) in [6.07, 6.45) is 6.46. The van der Waals surface area contributed by atoms with Crippen molar-refractivity contribution in [2.75, 3.05) is 11.9 Å². The summed E-state index contributed by atoms with van der Waals surface area (Å²) in [5.41, 5.74) is 6.98. The predicted octanol–water partition coefficient (Wildman–Crippen LogP) is 3.96. The first kappa shape index (κ1) is 23.4. The minimum absolute atomic E-state index is 0. The van der Waals surface area contributed by atoms with Crippen molar-refractivity contribution in [3.05, 3.63) is 29.6 Å². The zero-order chi connectivity index (χ0) is 20.3. The van der Waals surface area contributed by atoms with Crippen LogP contribution >= 0.6 is 12.4 Å². The van der Waals surface area contributed by atoms with Crippen molar-refractivity contribution >= 4 is 30.0 Å². The number of nitrogens with zero attached hydrogens (tertiary/aromatic N) is 1. The second kappa shape index (κ2) is 10.3. The number of urea groups is 1. The monoisotopic (exact) mass is 426 g/mol. The van der Waals surface area contributed by atoms with Crippen LogP contribution in [-0.2, 0) is 4.79 Å². The van der Waals surface area contributed by atoms with Crippen LogP contribution in [0.5, 0.6) is 0 Å². The van der Waals surface area contributed by atoms with E-state index < -0.39 is 11.9 Å². The standard InChI is InChI=1S/C21H31FN4O2.ClH/c1-13-12-26(21(28)24-13)14(2)16-9-10-18(17(22)11-16)25-20(27)19(23)15-7-5-3-4-6-8-15;/h9-11,13-15,19H,3-8,12,23H2,1-2H3,(H,24,28)(H,25,27);1H. The molecule has 8 heteroatoms. The number of benzene rings is 1. The van der Waals surface area contributed by atoms with Gasteiger partial charge in [-0.05, 0) is 50.3 Å². The lowest BCUT2D eigenvalue weighted by Crippen LogP contribution is -2.42. The molecule has 4 N–H and O–H groups in total. The molecule has 0 radical (unpaired) electrons. The van der Waals surface area contributed by atoms with E-state index in [4.69, 9.17) is 5.73 Å². The number of carbonyl (C=O) groups excluding carboxylic acids is 2. The Bertz CT molecular complexity index is 725. The zero-order valence-electron chi connectivity index (χ0n) is 17.1. The van der Waals surface area contributed by atoms with Crippen LogP contribution in [-0.4, -0.2) is 35.5 Å². The molecule has 0 aromatic heterocycles. The molecule has 0 spiro atoms. The van der Waals surface area contributed by atoms with Crippen LogP contribution in [0.1, 0.15) is 64.0 Å². The molecule has 3 atom stereocenters. The molecule has 0 bridgehead atoms. The Morgan fingerprint density at radius 2 is 1.93 bits per heavy atom. The van der Waals surface area contributed by atoms with E-state index in [1.807, 2.05) is 13.8 Å². The van der Waals surface area contributed by atoms with E-state index >= 15 is 0 Å². The molecule has 3 amide bonds. The van der Waals surface area contributed by atoms with Gasteiger partial charge in [-0.2, -0.15) is 0 Å². The Labute approximate surface area is 178 Å². The molecule has 1 aliphatic carbocycles. The summed E-state index contributed by atoms with van der Waals surface area (Å²) in [7, 11) is 0. The molecule has 1 aromatic carbocycles. The molecule has 2 aliphatic rings. The van der Waals surface area contributed by atoms with Crippen molar-refractivity contribution in [1.29, 1.82) is 0 Å². The fraction of sp³-hybridized carbons (Fsp3) is 0.619. The smallest absolute Gasteiger partial charge is 0.318 e. The van der Waals surface area contributed by atoms with Crippen LogP contribution in [0.15, 0.2) is 18.2 Å². The summed E-state index contributed by atoms with van der Waals surface area (Å²) >= 11 is 0. The molecular formula is C21H32ClFN4O2. The van der Waals surface area contributed by atoms with Gasteiger partial charge in [-0.1, -0.05) is 31.7 Å². The molecule has 6 nitrogen and oxygen atoms in total. The van der Waals surface area contributed by atoms with E-state index in [0.29, 0.717) is 12.1 Å². The maximum absolute atomic E-state index is 14.6. The Morgan fingerprint density at radius 3 is 2.48 bits per heavy atom. The molecule has 1 saturated heterocycles. The number of hydrogen-bond acceptors (Lipinski definition) is 3.